The summed E-state index contributed by atoms with van der Waals surface area (Å²) in [6.07, 6.45) is 2.72. The molecule has 6 nitrogen and oxygen atoms in total. The van der Waals surface area contributed by atoms with Crippen LogP contribution in [-0.2, 0) is 11.2 Å². The van der Waals surface area contributed by atoms with Gasteiger partial charge in [0.05, 0.1) is 5.52 Å². The third-order valence-electron chi connectivity index (χ3n) is 3.53. The van der Waals surface area contributed by atoms with Crippen LogP contribution in [0.2, 0.25) is 0 Å². The first-order valence-electron chi connectivity index (χ1n) is 7.72. The predicted molar refractivity (Wildman–Crippen MR) is 90.5 cm³/mol. The number of ether oxygens (including phenoxy) is 1. The Morgan fingerprint density at radius 1 is 1.39 bits per heavy atom. The second kappa shape index (κ2) is 6.75. The number of rotatable bonds is 4. The van der Waals surface area contributed by atoms with Crippen molar-refractivity contribution >= 4 is 17.0 Å². The van der Waals surface area contributed by atoms with Crippen molar-refractivity contribution in [2.24, 2.45) is 5.11 Å². The highest BCUT2D eigenvalue weighted by Crippen LogP contribution is 2.25. The van der Waals surface area contributed by atoms with Crippen LogP contribution in [0.1, 0.15) is 39.7 Å². The number of fused-ring (bicyclic) bond motifs is 1. The first kappa shape index (κ1) is 16.9. The van der Waals surface area contributed by atoms with Crippen molar-refractivity contribution in [2.75, 3.05) is 0 Å². The summed E-state index contributed by atoms with van der Waals surface area (Å²) in [6, 6.07) is 7.54. The van der Waals surface area contributed by atoms with Gasteiger partial charge in [0.15, 0.2) is 0 Å². The van der Waals surface area contributed by atoms with Crippen molar-refractivity contribution in [3.8, 4) is 0 Å². The fourth-order valence-electron chi connectivity index (χ4n) is 2.47. The van der Waals surface area contributed by atoms with Gasteiger partial charge >= 0.3 is 6.09 Å². The van der Waals surface area contributed by atoms with Crippen LogP contribution >= 0.6 is 0 Å². The number of benzene rings is 1. The zero-order chi connectivity index (χ0) is 17.0. The highest BCUT2D eigenvalue weighted by atomic mass is 16.6. The van der Waals surface area contributed by atoms with Gasteiger partial charge < -0.3 is 4.74 Å². The highest BCUT2D eigenvalue weighted by molar-refractivity contribution is 5.92. The SMILES string of the molecule is CC[C@@H](Cc1cn(C(=O)OC(C)(C)C)c2ccccc12)N=[N+]=[N-]. The average Bonchev–Trinajstić information content (AvgIpc) is 2.84. The molecule has 0 saturated heterocycles. The zero-order valence-electron chi connectivity index (χ0n) is 14.0. The molecule has 0 radical (unpaired) electrons. The standard InChI is InChI=1S/C17H22N4O2/c1-5-13(19-20-18)10-12-11-21(16(22)23-17(2,3)4)15-9-7-6-8-14(12)15/h6-9,11,13H,5,10H2,1-4H3/t13-/m0/s1. The van der Waals surface area contributed by atoms with Crippen LogP contribution in [0.15, 0.2) is 35.6 Å². The summed E-state index contributed by atoms with van der Waals surface area (Å²) in [5, 5.41) is 4.79. The number of para-hydroxylation sites is 1. The third kappa shape index (κ3) is 4.05. The van der Waals surface area contributed by atoms with Crippen molar-refractivity contribution in [3.63, 3.8) is 0 Å². The molecule has 0 N–H and O–H groups in total. The van der Waals surface area contributed by atoms with Gasteiger partial charge in [-0.3, -0.25) is 4.57 Å². The average molecular weight is 314 g/mol. The van der Waals surface area contributed by atoms with Gasteiger partial charge in [0, 0.05) is 22.5 Å². The molecule has 0 aliphatic heterocycles. The number of azide groups is 1. The third-order valence-corrected chi connectivity index (χ3v) is 3.53. The normalized spacial score (nSPS) is 12.7. The van der Waals surface area contributed by atoms with E-state index in [9.17, 15) is 4.79 Å². The first-order valence-corrected chi connectivity index (χ1v) is 7.72. The van der Waals surface area contributed by atoms with E-state index < -0.39 is 11.7 Å². The maximum Gasteiger partial charge on any atom is 0.419 e. The van der Waals surface area contributed by atoms with Gasteiger partial charge in [0.1, 0.15) is 5.60 Å². The summed E-state index contributed by atoms with van der Waals surface area (Å²) in [7, 11) is 0. The van der Waals surface area contributed by atoms with Gasteiger partial charge in [-0.05, 0) is 50.8 Å². The molecule has 0 spiro atoms. The fourth-order valence-corrected chi connectivity index (χ4v) is 2.47. The second-order valence-electron chi connectivity index (χ2n) is 6.49. The lowest BCUT2D eigenvalue weighted by Crippen LogP contribution is -2.26. The molecule has 1 aromatic heterocycles. The molecule has 0 unspecified atom stereocenters. The van der Waals surface area contributed by atoms with Crippen LogP contribution in [0.25, 0.3) is 21.3 Å². The van der Waals surface area contributed by atoms with Crippen molar-refractivity contribution in [1.82, 2.24) is 4.57 Å². The molecule has 23 heavy (non-hydrogen) atoms. The van der Waals surface area contributed by atoms with Gasteiger partial charge in [-0.1, -0.05) is 30.2 Å². The summed E-state index contributed by atoms with van der Waals surface area (Å²) < 4.78 is 6.99. The topological polar surface area (TPSA) is 80.0 Å². The lowest BCUT2D eigenvalue weighted by Gasteiger charge is -2.19. The van der Waals surface area contributed by atoms with E-state index >= 15 is 0 Å². The molecule has 2 rings (SSSR count). The monoisotopic (exact) mass is 314 g/mol. The molecule has 0 saturated carbocycles. The molecule has 0 amide bonds. The van der Waals surface area contributed by atoms with Crippen LogP contribution in [0, 0.1) is 0 Å². The van der Waals surface area contributed by atoms with Crippen LogP contribution < -0.4 is 0 Å². The Labute approximate surface area is 135 Å². The van der Waals surface area contributed by atoms with Crippen LogP contribution in [0.4, 0.5) is 4.79 Å². The zero-order valence-corrected chi connectivity index (χ0v) is 14.0. The Bertz CT molecular complexity index is 752. The van der Waals surface area contributed by atoms with Crippen molar-refractivity contribution in [1.29, 1.82) is 0 Å². The molecule has 1 aromatic carbocycles. The van der Waals surface area contributed by atoms with E-state index in [0.717, 1.165) is 22.9 Å². The van der Waals surface area contributed by atoms with Crippen molar-refractivity contribution in [2.45, 2.75) is 52.2 Å². The number of carbonyl (C=O) groups is 1. The van der Waals surface area contributed by atoms with Crippen LogP contribution in [0.3, 0.4) is 0 Å². The Balaban J connectivity index is 2.44. The molecular formula is C17H22N4O2. The van der Waals surface area contributed by atoms with E-state index in [4.69, 9.17) is 10.3 Å². The lowest BCUT2D eigenvalue weighted by atomic mass is 10.0. The van der Waals surface area contributed by atoms with Gasteiger partial charge in [-0.2, -0.15) is 0 Å². The van der Waals surface area contributed by atoms with Gasteiger partial charge in [-0.15, -0.1) is 0 Å². The number of nitrogens with zero attached hydrogens (tertiary/aromatic N) is 4. The van der Waals surface area contributed by atoms with Crippen molar-refractivity contribution < 1.29 is 9.53 Å². The van der Waals surface area contributed by atoms with E-state index in [1.165, 1.54) is 4.57 Å². The Kier molecular flexibility index (Phi) is 4.96. The molecule has 1 heterocycles. The number of aromatic nitrogens is 1. The minimum absolute atomic E-state index is 0.127. The van der Waals surface area contributed by atoms with E-state index in [1.807, 2.05) is 52.0 Å². The summed E-state index contributed by atoms with van der Waals surface area (Å²) in [5.74, 6) is 0. The molecule has 0 aliphatic carbocycles. The second-order valence-corrected chi connectivity index (χ2v) is 6.49. The minimum atomic E-state index is -0.556. The molecule has 0 fully saturated rings. The Morgan fingerprint density at radius 2 is 2.09 bits per heavy atom. The van der Waals surface area contributed by atoms with Gasteiger partial charge in [0.25, 0.3) is 0 Å². The smallest absolute Gasteiger partial charge is 0.419 e. The van der Waals surface area contributed by atoms with E-state index in [0.29, 0.717) is 6.42 Å². The van der Waals surface area contributed by atoms with Crippen LogP contribution in [-0.4, -0.2) is 22.3 Å². The first-order chi connectivity index (χ1) is 10.9. The molecule has 0 bridgehead atoms. The molecule has 6 heteroatoms. The molecular weight excluding hydrogens is 292 g/mol. The lowest BCUT2D eigenvalue weighted by molar-refractivity contribution is 0.0544. The Hall–Kier alpha value is -2.46. The van der Waals surface area contributed by atoms with Gasteiger partial charge in [-0.25, -0.2) is 4.79 Å². The summed E-state index contributed by atoms with van der Waals surface area (Å²) >= 11 is 0. The minimum Gasteiger partial charge on any atom is -0.443 e. The van der Waals surface area contributed by atoms with E-state index in [1.54, 1.807) is 6.20 Å². The van der Waals surface area contributed by atoms with Crippen LogP contribution in [0.5, 0.6) is 0 Å². The Morgan fingerprint density at radius 3 is 2.70 bits per heavy atom. The maximum atomic E-state index is 12.4. The molecule has 2 aromatic rings. The summed E-state index contributed by atoms with van der Waals surface area (Å²) in [6.45, 7) is 7.50. The summed E-state index contributed by atoms with van der Waals surface area (Å²) in [4.78, 5) is 15.3. The number of hydrogen-bond acceptors (Lipinski definition) is 3. The molecule has 1 atom stereocenters. The predicted octanol–water partition coefficient (Wildman–Crippen LogP) is 5.06. The highest BCUT2D eigenvalue weighted by Gasteiger charge is 2.21. The van der Waals surface area contributed by atoms with Crippen molar-refractivity contribution in [3.05, 3.63) is 46.5 Å². The number of hydrogen-bond donors (Lipinski definition) is 0. The number of carbonyl (C=O) groups excluding carboxylic acids is 1. The van der Waals surface area contributed by atoms with Gasteiger partial charge in [0.2, 0.25) is 0 Å². The maximum absolute atomic E-state index is 12.4. The summed E-state index contributed by atoms with van der Waals surface area (Å²) in [5.41, 5.74) is 9.88. The largest absolute Gasteiger partial charge is 0.443 e. The van der Waals surface area contributed by atoms with E-state index in [2.05, 4.69) is 10.0 Å². The quantitative estimate of drug-likeness (QED) is 0.449. The molecule has 122 valence electrons. The fraction of sp³-hybridized carbons (Fsp3) is 0.471. The molecule has 0 aliphatic rings. The van der Waals surface area contributed by atoms with E-state index in [-0.39, 0.29) is 6.04 Å².